The van der Waals surface area contributed by atoms with Gasteiger partial charge in [0.15, 0.2) is 10.8 Å². The van der Waals surface area contributed by atoms with Crippen molar-refractivity contribution < 1.29 is 30.8 Å². The zero-order valence-corrected chi connectivity index (χ0v) is 25.6. The fraction of sp³-hybridized carbons (Fsp3) is 0.375. The van der Waals surface area contributed by atoms with Gasteiger partial charge in [0.25, 0.3) is 10.0 Å². The number of pyridine rings is 1. The number of ketones is 1. The van der Waals surface area contributed by atoms with Crippen LogP contribution in [0.5, 0.6) is 0 Å². The van der Waals surface area contributed by atoms with E-state index in [-0.39, 0.29) is 23.6 Å². The van der Waals surface area contributed by atoms with Gasteiger partial charge in [-0.3, -0.25) is 14.5 Å². The number of nitrogens with zero attached hydrogens (tertiary/aromatic N) is 6. The molecule has 0 N–H and O–H groups in total. The molecule has 2 saturated carbocycles. The van der Waals surface area contributed by atoms with Crippen LogP contribution in [0.3, 0.4) is 0 Å². The molecule has 9 nitrogen and oxygen atoms in total. The number of hydrogen-bond acceptors (Lipinski definition) is 6. The van der Waals surface area contributed by atoms with Crippen molar-refractivity contribution in [2.45, 2.75) is 62.3 Å². The van der Waals surface area contributed by atoms with Crippen LogP contribution in [0.25, 0.3) is 11.8 Å². The Balaban J connectivity index is 1.27. The van der Waals surface area contributed by atoms with E-state index in [1.807, 2.05) is 6.08 Å². The molecule has 0 unspecified atom stereocenters. The number of sulfonamides is 1. The second-order valence-electron chi connectivity index (χ2n) is 12.4. The number of Topliss-reactive ketones (excluding diaryl/α,β-unsaturated/α-hetero) is 1. The van der Waals surface area contributed by atoms with Crippen molar-refractivity contribution in [1.29, 1.82) is 0 Å². The topological polar surface area (TPSA) is 103 Å². The minimum absolute atomic E-state index is 0.0231. The van der Waals surface area contributed by atoms with E-state index in [0.29, 0.717) is 47.8 Å². The number of rotatable bonds is 8. The van der Waals surface area contributed by atoms with Gasteiger partial charge in [-0.15, -0.1) is 0 Å². The van der Waals surface area contributed by atoms with Gasteiger partial charge >= 0.3 is 6.18 Å². The number of carbonyl (C=O) groups is 1. The predicted molar refractivity (Wildman–Crippen MR) is 159 cm³/mol. The molecule has 3 aliphatic carbocycles. The van der Waals surface area contributed by atoms with E-state index in [9.17, 15) is 30.8 Å². The highest BCUT2D eigenvalue weighted by Crippen LogP contribution is 2.51. The molecular formula is C32H30F4N6O3S. The predicted octanol–water partition coefficient (Wildman–Crippen LogP) is 5.71. The lowest BCUT2D eigenvalue weighted by Crippen LogP contribution is -2.49. The van der Waals surface area contributed by atoms with Crippen LogP contribution in [0.2, 0.25) is 0 Å². The van der Waals surface area contributed by atoms with Crippen molar-refractivity contribution in [3.8, 4) is 5.69 Å². The third-order valence-electron chi connectivity index (χ3n) is 9.38. The van der Waals surface area contributed by atoms with Gasteiger partial charge in [-0.1, -0.05) is 5.57 Å². The molecule has 0 saturated heterocycles. The average Bonchev–Trinajstić information content (AvgIpc) is 3.56. The normalized spacial score (nSPS) is 21.5. The number of alkyl halides is 3. The second kappa shape index (κ2) is 11.0. The van der Waals surface area contributed by atoms with Crippen molar-refractivity contribution in [3.05, 3.63) is 95.0 Å². The Kier molecular flexibility index (Phi) is 7.27. The van der Waals surface area contributed by atoms with Crippen molar-refractivity contribution >= 4 is 21.9 Å². The summed E-state index contributed by atoms with van der Waals surface area (Å²) < 4.78 is 86.6. The summed E-state index contributed by atoms with van der Waals surface area (Å²) >= 11 is 0. The quantitative estimate of drug-likeness (QED) is 0.178. The number of fused-ring (bicyclic) bond motifs is 2. The van der Waals surface area contributed by atoms with Crippen LogP contribution in [0, 0.1) is 17.2 Å². The number of halogens is 4. The first kappa shape index (κ1) is 30.5. The van der Waals surface area contributed by atoms with E-state index in [4.69, 9.17) is 0 Å². The lowest BCUT2D eigenvalue weighted by Gasteiger charge is -2.45. The van der Waals surface area contributed by atoms with Crippen LogP contribution in [0.15, 0.2) is 71.7 Å². The highest BCUT2D eigenvalue weighted by atomic mass is 32.2. The molecule has 7 rings (SSSR count). The summed E-state index contributed by atoms with van der Waals surface area (Å²) in [6, 6.07) is 8.14. The van der Waals surface area contributed by atoms with Gasteiger partial charge in [0.1, 0.15) is 11.5 Å². The molecular weight excluding hydrogens is 624 g/mol. The minimum atomic E-state index is -4.68. The molecule has 46 heavy (non-hydrogen) atoms. The number of benzene rings is 1. The largest absolute Gasteiger partial charge is 0.416 e. The molecule has 3 aromatic heterocycles. The molecule has 2 atom stereocenters. The van der Waals surface area contributed by atoms with Crippen molar-refractivity contribution in [1.82, 2.24) is 28.9 Å². The lowest BCUT2D eigenvalue weighted by atomic mass is 9.60. The molecule has 0 amide bonds. The standard InChI is InChI=1S/C32H30F4N6O3S/c1-40(46(44,45)29-11-13-41(39-29)19-20-2-3-20)26-7-4-22-15-28-21(18-38-42(28)25-8-5-24(33)6-9-25)16-31(22,17-26)30(43)27-14-23(10-12-37-27)32(34,35)36/h5-6,8-15,18,20,26H,2-4,7,16-17,19H2,1H3/t26-,31-/m0/s1. The molecule has 3 heterocycles. The van der Waals surface area contributed by atoms with E-state index in [2.05, 4.69) is 15.2 Å². The first-order valence-electron chi connectivity index (χ1n) is 15.0. The summed E-state index contributed by atoms with van der Waals surface area (Å²) in [6.45, 7) is 0.645. The third kappa shape index (κ3) is 5.36. The number of carbonyl (C=O) groups excluding carboxylic acids is 1. The molecule has 240 valence electrons. The Bertz CT molecular complexity index is 1960. The fourth-order valence-electron chi connectivity index (χ4n) is 6.65. The fourth-order valence-corrected chi connectivity index (χ4v) is 7.96. The van der Waals surface area contributed by atoms with Crippen LogP contribution in [0.1, 0.15) is 59.4 Å². The highest BCUT2D eigenvalue weighted by molar-refractivity contribution is 7.89. The van der Waals surface area contributed by atoms with E-state index in [0.717, 1.165) is 31.2 Å². The van der Waals surface area contributed by atoms with E-state index in [1.54, 1.807) is 33.9 Å². The first-order chi connectivity index (χ1) is 21.8. The van der Waals surface area contributed by atoms with Gasteiger partial charge in [-0.2, -0.15) is 27.7 Å². The van der Waals surface area contributed by atoms with Crippen LogP contribution in [-0.4, -0.2) is 56.1 Å². The molecule has 14 heteroatoms. The molecule has 0 bridgehead atoms. The minimum Gasteiger partial charge on any atom is -0.291 e. The maximum absolute atomic E-state index is 14.4. The maximum Gasteiger partial charge on any atom is 0.416 e. The van der Waals surface area contributed by atoms with Crippen molar-refractivity contribution in [2.75, 3.05) is 7.05 Å². The summed E-state index contributed by atoms with van der Waals surface area (Å²) in [5, 5.41) is 8.70. The second-order valence-corrected chi connectivity index (χ2v) is 14.3. The van der Waals surface area contributed by atoms with E-state index in [1.165, 1.54) is 29.6 Å². The van der Waals surface area contributed by atoms with Gasteiger partial charge in [-0.05, 0) is 98.5 Å². The van der Waals surface area contributed by atoms with Gasteiger partial charge in [0, 0.05) is 32.0 Å². The molecule has 4 aromatic rings. The van der Waals surface area contributed by atoms with Crippen LogP contribution < -0.4 is 0 Å². The lowest BCUT2D eigenvalue weighted by molar-refractivity contribution is -0.137. The smallest absolute Gasteiger partial charge is 0.291 e. The van der Waals surface area contributed by atoms with Crippen LogP contribution in [0.4, 0.5) is 17.6 Å². The van der Waals surface area contributed by atoms with Gasteiger partial charge in [-0.25, -0.2) is 17.5 Å². The van der Waals surface area contributed by atoms with Crippen LogP contribution in [-0.2, 0) is 29.2 Å². The van der Waals surface area contributed by atoms with Gasteiger partial charge in [0.05, 0.1) is 28.6 Å². The number of hydrogen-bond donors (Lipinski definition) is 0. The van der Waals surface area contributed by atoms with E-state index >= 15 is 0 Å². The third-order valence-corrected chi connectivity index (χ3v) is 11.2. The Hall–Kier alpha value is -4.17. The molecule has 0 spiro atoms. The van der Waals surface area contributed by atoms with Crippen molar-refractivity contribution in [3.63, 3.8) is 0 Å². The number of allylic oxidation sites excluding steroid dienone is 1. The maximum atomic E-state index is 14.4. The molecule has 0 aliphatic heterocycles. The van der Waals surface area contributed by atoms with E-state index < -0.39 is 44.8 Å². The molecule has 0 radical (unpaired) electrons. The van der Waals surface area contributed by atoms with Crippen molar-refractivity contribution in [2.24, 2.45) is 11.3 Å². The zero-order chi connectivity index (χ0) is 32.4. The molecule has 2 fully saturated rings. The Morgan fingerprint density at radius 1 is 1.11 bits per heavy atom. The monoisotopic (exact) mass is 654 g/mol. The van der Waals surface area contributed by atoms with Gasteiger partial charge < -0.3 is 0 Å². The first-order valence-corrected chi connectivity index (χ1v) is 16.4. The summed E-state index contributed by atoms with van der Waals surface area (Å²) in [5.74, 6) is -0.529. The Morgan fingerprint density at radius 2 is 1.87 bits per heavy atom. The molecule has 3 aliphatic rings. The summed E-state index contributed by atoms with van der Waals surface area (Å²) in [6.07, 6.45) is 4.26. The Labute approximate surface area is 262 Å². The van der Waals surface area contributed by atoms with Crippen LogP contribution >= 0.6 is 0 Å². The molecule has 1 aromatic carbocycles. The summed E-state index contributed by atoms with van der Waals surface area (Å²) in [5.41, 5.74) is -0.149. The summed E-state index contributed by atoms with van der Waals surface area (Å²) in [7, 11) is -2.60. The summed E-state index contributed by atoms with van der Waals surface area (Å²) in [4.78, 5) is 18.5. The Morgan fingerprint density at radius 3 is 2.59 bits per heavy atom. The average molecular weight is 655 g/mol. The highest BCUT2D eigenvalue weighted by Gasteiger charge is 2.51. The van der Waals surface area contributed by atoms with Gasteiger partial charge in [0.2, 0.25) is 0 Å². The SMILES string of the molecule is CN([C@H]1CCC2=Cc3c(cnn3-c3ccc(F)cc3)C[C@]2(C(=O)c2cc(C(F)(F)F)ccn2)C1)S(=O)(=O)c1ccn(CC2CC2)n1. The number of aromatic nitrogens is 5. The zero-order valence-electron chi connectivity index (χ0n) is 24.8.